The van der Waals surface area contributed by atoms with E-state index in [-0.39, 0.29) is 5.97 Å². The van der Waals surface area contributed by atoms with Crippen molar-refractivity contribution in [3.8, 4) is 16.9 Å². The first kappa shape index (κ1) is 22.6. The zero-order valence-electron chi connectivity index (χ0n) is 19.0. The van der Waals surface area contributed by atoms with Crippen molar-refractivity contribution in [2.45, 2.75) is 51.0 Å². The van der Waals surface area contributed by atoms with Crippen molar-refractivity contribution in [3.63, 3.8) is 0 Å². The van der Waals surface area contributed by atoms with E-state index < -0.39 is 0 Å². The van der Waals surface area contributed by atoms with Crippen molar-refractivity contribution in [2.75, 3.05) is 13.8 Å². The number of allylic oxidation sites excluding steroid dienone is 2. The van der Waals surface area contributed by atoms with Crippen LogP contribution in [0.15, 0.2) is 66.7 Å². The molecule has 4 rings (SSSR count). The summed E-state index contributed by atoms with van der Waals surface area (Å²) in [7, 11) is 1.45. The summed E-state index contributed by atoms with van der Waals surface area (Å²) in [5.74, 6) is 3.09. The summed E-state index contributed by atoms with van der Waals surface area (Å²) >= 11 is 0. The minimum Gasteiger partial charge on any atom is -0.478 e. The molecule has 4 nitrogen and oxygen atoms in total. The van der Waals surface area contributed by atoms with Gasteiger partial charge in [0, 0.05) is 12.5 Å². The molecule has 4 atom stereocenters. The highest BCUT2D eigenvalue weighted by atomic mass is 16.5. The first-order chi connectivity index (χ1) is 15.7. The topological polar surface area (TPSA) is 47.6 Å². The van der Waals surface area contributed by atoms with Crippen LogP contribution in [0.1, 0.15) is 44.9 Å². The summed E-state index contributed by atoms with van der Waals surface area (Å²) < 4.78 is 10.7. The van der Waals surface area contributed by atoms with Gasteiger partial charge in [-0.1, -0.05) is 54.6 Å². The van der Waals surface area contributed by atoms with Gasteiger partial charge in [-0.05, 0) is 79.5 Å². The molecule has 0 amide bonds. The highest BCUT2D eigenvalue weighted by Crippen LogP contribution is 2.49. The minimum absolute atomic E-state index is 0.120. The number of hydrogen-bond acceptors (Lipinski definition) is 4. The number of esters is 1. The summed E-state index contributed by atoms with van der Waals surface area (Å²) in [5.41, 5.74) is 2.43. The van der Waals surface area contributed by atoms with Gasteiger partial charge in [0.1, 0.15) is 12.5 Å². The van der Waals surface area contributed by atoms with Crippen LogP contribution >= 0.6 is 0 Å². The van der Waals surface area contributed by atoms with Crippen LogP contribution in [0.25, 0.3) is 11.1 Å². The van der Waals surface area contributed by atoms with Crippen LogP contribution in [0.2, 0.25) is 0 Å². The molecular weight excluding hydrogens is 398 g/mol. The first-order valence-electron chi connectivity index (χ1n) is 12.0. The maximum Gasteiger partial charge on any atom is 0.305 e. The molecule has 2 aliphatic carbocycles. The lowest BCUT2D eigenvalue weighted by Crippen LogP contribution is -2.42. The quantitative estimate of drug-likeness (QED) is 0.205. The van der Waals surface area contributed by atoms with E-state index in [2.05, 4.69) is 66.0 Å². The largest absolute Gasteiger partial charge is 0.478 e. The molecule has 32 heavy (non-hydrogen) atoms. The summed E-state index contributed by atoms with van der Waals surface area (Å²) in [6.45, 7) is 0.553. The van der Waals surface area contributed by atoms with Gasteiger partial charge in [0.15, 0.2) is 0 Å². The summed E-state index contributed by atoms with van der Waals surface area (Å²) in [4.78, 5) is 11.2. The Morgan fingerprint density at radius 1 is 1.00 bits per heavy atom. The van der Waals surface area contributed by atoms with Gasteiger partial charge in [-0.25, -0.2) is 0 Å². The fraction of sp³-hybridized carbons (Fsp3) is 0.464. The van der Waals surface area contributed by atoms with Gasteiger partial charge in [0.25, 0.3) is 0 Å². The molecule has 2 aliphatic rings. The molecule has 0 saturated heterocycles. The maximum atomic E-state index is 11.2. The van der Waals surface area contributed by atoms with Crippen molar-refractivity contribution in [1.29, 1.82) is 0 Å². The van der Waals surface area contributed by atoms with Crippen LogP contribution in [0.4, 0.5) is 0 Å². The number of rotatable bonds is 11. The fourth-order valence-corrected chi connectivity index (χ4v) is 5.50. The van der Waals surface area contributed by atoms with Crippen LogP contribution in [0.5, 0.6) is 5.75 Å². The minimum atomic E-state index is -0.120. The second-order valence-corrected chi connectivity index (χ2v) is 9.08. The van der Waals surface area contributed by atoms with Crippen molar-refractivity contribution in [1.82, 2.24) is 5.32 Å². The molecule has 0 unspecified atom stereocenters. The molecule has 2 bridgehead atoms. The SMILES string of the molecule is COC(=O)CCC/C=C\C[C@@H]1[C@@H]2CC[C@@H](C2)[C@H]1NCOc1ccc(-c2ccccc2)cc1. The summed E-state index contributed by atoms with van der Waals surface area (Å²) in [6, 6.07) is 19.3. The van der Waals surface area contributed by atoms with Crippen LogP contribution in [-0.2, 0) is 9.53 Å². The van der Waals surface area contributed by atoms with Crippen molar-refractivity contribution in [3.05, 3.63) is 66.7 Å². The number of methoxy groups -OCH3 is 1. The van der Waals surface area contributed by atoms with E-state index in [1.54, 1.807) is 0 Å². The monoisotopic (exact) mass is 433 g/mol. The average molecular weight is 434 g/mol. The van der Waals surface area contributed by atoms with E-state index >= 15 is 0 Å². The molecule has 0 aromatic heterocycles. The Morgan fingerprint density at radius 3 is 2.53 bits per heavy atom. The molecule has 4 heteroatoms. The summed E-state index contributed by atoms with van der Waals surface area (Å²) in [6.07, 6.45) is 12.0. The normalized spacial score (nSPS) is 24.2. The second kappa shape index (κ2) is 11.3. The van der Waals surface area contributed by atoms with Crippen molar-refractivity contribution in [2.24, 2.45) is 17.8 Å². The summed E-state index contributed by atoms with van der Waals surface area (Å²) in [5, 5.41) is 3.72. The third kappa shape index (κ3) is 5.80. The molecule has 2 aromatic carbocycles. The molecule has 0 spiro atoms. The standard InChI is InChI=1S/C28H35NO3/c1-31-27(30)12-8-3-2-7-11-26-23-13-14-24(19-23)28(26)29-20-32-25-17-15-22(16-18-25)21-9-5-4-6-10-21/h2,4-7,9-10,15-18,23-24,26,28-29H,3,8,11-14,19-20H2,1H3/b7-2-/t23-,24+,26-,28-/m1/s1. The van der Waals surface area contributed by atoms with Crippen LogP contribution < -0.4 is 10.1 Å². The van der Waals surface area contributed by atoms with Crippen LogP contribution in [0.3, 0.4) is 0 Å². The lowest BCUT2D eigenvalue weighted by molar-refractivity contribution is -0.140. The van der Waals surface area contributed by atoms with E-state index in [0.717, 1.165) is 36.8 Å². The van der Waals surface area contributed by atoms with Gasteiger partial charge in [-0.2, -0.15) is 0 Å². The van der Waals surface area contributed by atoms with Gasteiger partial charge in [-0.15, -0.1) is 0 Å². The van der Waals surface area contributed by atoms with E-state index in [1.807, 2.05) is 6.07 Å². The highest BCUT2D eigenvalue weighted by Gasteiger charge is 2.46. The van der Waals surface area contributed by atoms with E-state index in [9.17, 15) is 4.79 Å². The predicted molar refractivity (Wildman–Crippen MR) is 128 cm³/mol. The number of hydrogen-bond donors (Lipinski definition) is 1. The number of benzene rings is 2. The third-order valence-corrected chi connectivity index (χ3v) is 7.16. The lowest BCUT2D eigenvalue weighted by atomic mass is 9.82. The van der Waals surface area contributed by atoms with E-state index in [1.165, 1.54) is 37.5 Å². The van der Waals surface area contributed by atoms with Crippen LogP contribution in [-0.4, -0.2) is 25.9 Å². The Kier molecular flexibility index (Phi) is 8.00. The number of fused-ring (bicyclic) bond motifs is 2. The van der Waals surface area contributed by atoms with Gasteiger partial charge in [-0.3, -0.25) is 10.1 Å². The molecule has 1 N–H and O–H groups in total. The van der Waals surface area contributed by atoms with E-state index in [0.29, 0.717) is 25.1 Å². The van der Waals surface area contributed by atoms with Crippen LogP contribution in [0, 0.1) is 17.8 Å². The molecule has 0 heterocycles. The number of ether oxygens (including phenoxy) is 2. The predicted octanol–water partition coefficient (Wildman–Crippen LogP) is 5.98. The highest BCUT2D eigenvalue weighted by molar-refractivity contribution is 5.69. The van der Waals surface area contributed by atoms with Gasteiger partial charge >= 0.3 is 5.97 Å². The number of carbonyl (C=O) groups excluding carboxylic acids is 1. The Balaban J connectivity index is 1.23. The first-order valence-corrected chi connectivity index (χ1v) is 12.0. The zero-order chi connectivity index (χ0) is 22.2. The Morgan fingerprint density at radius 2 is 1.75 bits per heavy atom. The molecule has 0 aliphatic heterocycles. The zero-order valence-corrected chi connectivity index (χ0v) is 19.0. The molecule has 2 saturated carbocycles. The number of carbonyl (C=O) groups is 1. The average Bonchev–Trinajstić information content (AvgIpc) is 3.44. The molecule has 170 valence electrons. The van der Waals surface area contributed by atoms with Gasteiger partial charge < -0.3 is 9.47 Å². The molecule has 2 fully saturated rings. The molecule has 0 radical (unpaired) electrons. The molecule has 2 aromatic rings. The van der Waals surface area contributed by atoms with Crippen molar-refractivity contribution < 1.29 is 14.3 Å². The van der Waals surface area contributed by atoms with Crippen molar-refractivity contribution >= 4 is 5.97 Å². The fourth-order valence-electron chi connectivity index (χ4n) is 5.50. The number of nitrogens with one attached hydrogen (secondary N) is 1. The second-order valence-electron chi connectivity index (χ2n) is 9.08. The van der Waals surface area contributed by atoms with E-state index in [4.69, 9.17) is 9.47 Å². The molecular formula is C28H35NO3. The Hall–Kier alpha value is -2.59. The smallest absolute Gasteiger partial charge is 0.305 e. The lowest BCUT2D eigenvalue weighted by Gasteiger charge is -2.31. The maximum absolute atomic E-state index is 11.2. The third-order valence-electron chi connectivity index (χ3n) is 7.16. The van der Waals surface area contributed by atoms with Gasteiger partial charge in [0.2, 0.25) is 0 Å². The number of unbranched alkanes of at least 4 members (excludes halogenated alkanes) is 1. The van der Waals surface area contributed by atoms with Gasteiger partial charge in [0.05, 0.1) is 7.11 Å². The Bertz CT molecular complexity index is 877. The Labute approximate surface area is 192 Å².